The molecule has 0 bridgehead atoms. The van der Waals surface area contributed by atoms with Crippen LogP contribution in [0.2, 0.25) is 0 Å². The van der Waals surface area contributed by atoms with E-state index in [0.717, 1.165) is 37.6 Å². The minimum Gasteiger partial charge on any atom is -0.382 e. The molecule has 2 N–H and O–H groups in total. The summed E-state index contributed by atoms with van der Waals surface area (Å²) in [7, 11) is 3.45. The van der Waals surface area contributed by atoms with Gasteiger partial charge in [0.05, 0.1) is 25.1 Å². The lowest BCUT2D eigenvalue weighted by Gasteiger charge is -2.11. The molecule has 1 aromatic carbocycles. The Balaban J connectivity index is 0.00000364. The molecule has 0 radical (unpaired) electrons. The third kappa shape index (κ3) is 9.21. The van der Waals surface area contributed by atoms with Crippen LogP contribution >= 0.6 is 24.0 Å². The lowest BCUT2D eigenvalue weighted by atomic mass is 10.2. The fourth-order valence-corrected chi connectivity index (χ4v) is 2.38. The van der Waals surface area contributed by atoms with Gasteiger partial charge in [0.2, 0.25) is 0 Å². The SMILES string of the molecule is CN=C(NCCCOCCOC)NCCc1cnn(-c2ccccc2)c1.I. The van der Waals surface area contributed by atoms with Crippen LogP contribution < -0.4 is 10.6 Å². The van der Waals surface area contributed by atoms with Crippen LogP contribution in [0, 0.1) is 0 Å². The van der Waals surface area contributed by atoms with Gasteiger partial charge in [-0.2, -0.15) is 5.10 Å². The van der Waals surface area contributed by atoms with Gasteiger partial charge < -0.3 is 20.1 Å². The smallest absolute Gasteiger partial charge is 0.190 e. The second-order valence-corrected chi connectivity index (χ2v) is 5.76. The Morgan fingerprint density at radius 1 is 1.11 bits per heavy atom. The highest BCUT2D eigenvalue weighted by molar-refractivity contribution is 14.0. The number of halogens is 1. The van der Waals surface area contributed by atoms with E-state index in [9.17, 15) is 0 Å². The predicted octanol–water partition coefficient (Wildman–Crippen LogP) is 2.25. The standard InChI is InChI=1S/C19H29N5O2.HI/c1-20-19(21-10-6-12-26-14-13-25-2)22-11-9-17-15-23-24(16-17)18-7-4-3-5-8-18;/h3-5,7-8,15-16H,6,9-14H2,1-2H3,(H2,20,21,22);1H. The van der Waals surface area contributed by atoms with Gasteiger partial charge in [0.15, 0.2) is 5.96 Å². The molecule has 0 aliphatic rings. The molecule has 0 amide bonds. The van der Waals surface area contributed by atoms with Crippen molar-refractivity contribution in [2.45, 2.75) is 12.8 Å². The normalized spacial score (nSPS) is 11.1. The largest absolute Gasteiger partial charge is 0.382 e. The first-order chi connectivity index (χ1) is 12.8. The van der Waals surface area contributed by atoms with E-state index in [-0.39, 0.29) is 24.0 Å². The lowest BCUT2D eigenvalue weighted by Crippen LogP contribution is -2.39. The summed E-state index contributed by atoms with van der Waals surface area (Å²) < 4.78 is 12.3. The fraction of sp³-hybridized carbons (Fsp3) is 0.474. The average Bonchev–Trinajstić information content (AvgIpc) is 3.15. The predicted molar refractivity (Wildman–Crippen MR) is 119 cm³/mol. The van der Waals surface area contributed by atoms with Crippen molar-refractivity contribution < 1.29 is 9.47 Å². The monoisotopic (exact) mass is 487 g/mol. The van der Waals surface area contributed by atoms with E-state index >= 15 is 0 Å². The summed E-state index contributed by atoms with van der Waals surface area (Å²) in [6.45, 7) is 3.60. The number of hydrogen-bond acceptors (Lipinski definition) is 4. The Morgan fingerprint density at radius 3 is 2.63 bits per heavy atom. The maximum absolute atomic E-state index is 5.43. The van der Waals surface area contributed by atoms with Crippen LogP contribution in [-0.2, 0) is 15.9 Å². The minimum absolute atomic E-state index is 0. The number of rotatable bonds is 11. The lowest BCUT2D eigenvalue weighted by molar-refractivity contribution is 0.0698. The summed E-state index contributed by atoms with van der Waals surface area (Å²) in [5.74, 6) is 0.803. The van der Waals surface area contributed by atoms with Crippen molar-refractivity contribution >= 4 is 29.9 Å². The van der Waals surface area contributed by atoms with Gasteiger partial charge >= 0.3 is 0 Å². The van der Waals surface area contributed by atoms with Gasteiger partial charge in [-0.3, -0.25) is 4.99 Å². The Morgan fingerprint density at radius 2 is 1.89 bits per heavy atom. The summed E-state index contributed by atoms with van der Waals surface area (Å²) in [4.78, 5) is 4.23. The molecule has 2 rings (SSSR count). The number of nitrogens with one attached hydrogen (secondary N) is 2. The zero-order chi connectivity index (χ0) is 18.5. The average molecular weight is 487 g/mol. The van der Waals surface area contributed by atoms with Crippen molar-refractivity contribution in [3.8, 4) is 5.69 Å². The van der Waals surface area contributed by atoms with E-state index in [4.69, 9.17) is 9.47 Å². The molecular formula is C19H30IN5O2. The molecule has 0 unspecified atom stereocenters. The van der Waals surface area contributed by atoms with Gasteiger partial charge in [-0.1, -0.05) is 18.2 Å². The third-order valence-electron chi connectivity index (χ3n) is 3.78. The Hall–Kier alpha value is -1.65. The number of ether oxygens (including phenoxy) is 2. The number of aliphatic imine (C=N–C) groups is 1. The zero-order valence-corrected chi connectivity index (χ0v) is 18.4. The number of guanidine groups is 1. The van der Waals surface area contributed by atoms with Crippen molar-refractivity contribution in [1.82, 2.24) is 20.4 Å². The molecule has 0 fully saturated rings. The third-order valence-corrected chi connectivity index (χ3v) is 3.78. The van der Waals surface area contributed by atoms with Crippen molar-refractivity contribution in [1.29, 1.82) is 0 Å². The second-order valence-electron chi connectivity index (χ2n) is 5.76. The topological polar surface area (TPSA) is 72.7 Å². The highest BCUT2D eigenvalue weighted by Gasteiger charge is 2.02. The summed E-state index contributed by atoms with van der Waals surface area (Å²) in [6, 6.07) is 10.1. The van der Waals surface area contributed by atoms with Gasteiger partial charge in [0.1, 0.15) is 0 Å². The molecule has 0 atom stereocenters. The van der Waals surface area contributed by atoms with Gasteiger partial charge in [-0.25, -0.2) is 4.68 Å². The first-order valence-corrected chi connectivity index (χ1v) is 8.93. The van der Waals surface area contributed by atoms with Crippen LogP contribution in [0.1, 0.15) is 12.0 Å². The number of methoxy groups -OCH3 is 1. The quantitative estimate of drug-likeness (QED) is 0.220. The molecule has 0 saturated heterocycles. The summed E-state index contributed by atoms with van der Waals surface area (Å²) in [5, 5.41) is 11.0. The number of para-hydroxylation sites is 1. The van der Waals surface area contributed by atoms with Crippen molar-refractivity contribution in [3.63, 3.8) is 0 Å². The second kappa shape index (κ2) is 14.4. The molecule has 8 heteroatoms. The number of nitrogens with zero attached hydrogens (tertiary/aromatic N) is 3. The number of benzene rings is 1. The maximum atomic E-state index is 5.43. The maximum Gasteiger partial charge on any atom is 0.190 e. The summed E-state index contributed by atoms with van der Waals surface area (Å²) in [5.41, 5.74) is 2.25. The fourth-order valence-electron chi connectivity index (χ4n) is 2.38. The van der Waals surface area contributed by atoms with E-state index in [1.54, 1.807) is 14.2 Å². The molecular weight excluding hydrogens is 457 g/mol. The molecule has 2 aromatic rings. The molecule has 1 aromatic heterocycles. The molecule has 0 saturated carbocycles. The Labute approximate surface area is 178 Å². The van der Waals surface area contributed by atoms with Crippen molar-refractivity contribution in [2.75, 3.05) is 47.1 Å². The van der Waals surface area contributed by atoms with Crippen LogP contribution in [0.25, 0.3) is 5.69 Å². The van der Waals surface area contributed by atoms with Gasteiger partial charge in [0, 0.05) is 40.1 Å². The van der Waals surface area contributed by atoms with Crippen molar-refractivity contribution in [3.05, 3.63) is 48.3 Å². The summed E-state index contributed by atoms with van der Waals surface area (Å²) in [6.07, 6.45) is 5.77. The van der Waals surface area contributed by atoms with Gasteiger partial charge in [-0.15, -0.1) is 24.0 Å². The van der Waals surface area contributed by atoms with E-state index < -0.39 is 0 Å². The van der Waals surface area contributed by atoms with Crippen molar-refractivity contribution in [2.24, 2.45) is 4.99 Å². The Bertz CT molecular complexity index is 649. The van der Waals surface area contributed by atoms with Crippen LogP contribution in [-0.4, -0.2) is 62.8 Å². The first kappa shape index (κ1) is 23.4. The van der Waals surface area contributed by atoms with Gasteiger partial charge in [0.25, 0.3) is 0 Å². The molecule has 1 heterocycles. The molecule has 0 aliphatic heterocycles. The van der Waals surface area contributed by atoms with E-state index in [0.29, 0.717) is 19.8 Å². The van der Waals surface area contributed by atoms with Crippen LogP contribution in [0.4, 0.5) is 0 Å². The van der Waals surface area contributed by atoms with Crippen LogP contribution in [0.3, 0.4) is 0 Å². The summed E-state index contributed by atoms with van der Waals surface area (Å²) >= 11 is 0. The van der Waals surface area contributed by atoms with E-state index in [1.165, 1.54) is 5.56 Å². The van der Waals surface area contributed by atoms with E-state index in [2.05, 4.69) is 26.9 Å². The number of hydrogen-bond donors (Lipinski definition) is 2. The molecule has 0 spiro atoms. The van der Waals surface area contributed by atoms with Crippen LogP contribution in [0.5, 0.6) is 0 Å². The van der Waals surface area contributed by atoms with Crippen LogP contribution in [0.15, 0.2) is 47.7 Å². The van der Waals surface area contributed by atoms with E-state index in [1.807, 2.05) is 41.2 Å². The number of aromatic nitrogens is 2. The minimum atomic E-state index is 0. The molecule has 27 heavy (non-hydrogen) atoms. The first-order valence-electron chi connectivity index (χ1n) is 8.93. The zero-order valence-electron chi connectivity index (χ0n) is 16.1. The highest BCUT2D eigenvalue weighted by atomic mass is 127. The highest BCUT2D eigenvalue weighted by Crippen LogP contribution is 2.07. The molecule has 150 valence electrons. The molecule has 7 nitrogen and oxygen atoms in total. The molecule has 0 aliphatic carbocycles. The Kier molecular flexibility index (Phi) is 12.5. The van der Waals surface area contributed by atoms with Gasteiger partial charge in [-0.05, 0) is 30.5 Å².